The van der Waals surface area contributed by atoms with E-state index in [1.807, 2.05) is 18.7 Å². The summed E-state index contributed by atoms with van der Waals surface area (Å²) in [7, 11) is 0. The molecule has 1 amide bonds. The standard InChI is InChI=1S/C12H20F2N2O/c1-9(2)15-10(17)7-16-5-3-11(4-6-16)8-12(11,13)14/h9H,3-8H2,1-2H3,(H,15,17). The van der Waals surface area contributed by atoms with E-state index < -0.39 is 11.3 Å². The smallest absolute Gasteiger partial charge is 0.254 e. The molecule has 5 heteroatoms. The molecule has 1 aliphatic carbocycles. The average Bonchev–Trinajstić information content (AvgIpc) is 2.71. The second kappa shape index (κ2) is 4.19. The van der Waals surface area contributed by atoms with E-state index in [1.165, 1.54) is 0 Å². The minimum atomic E-state index is -2.45. The molecule has 1 N–H and O–H groups in total. The molecule has 2 rings (SSSR count). The summed E-state index contributed by atoms with van der Waals surface area (Å²) in [4.78, 5) is 13.5. The maximum absolute atomic E-state index is 13.1. The minimum Gasteiger partial charge on any atom is -0.353 e. The van der Waals surface area contributed by atoms with E-state index in [0.717, 1.165) is 0 Å². The molecule has 1 saturated heterocycles. The van der Waals surface area contributed by atoms with Gasteiger partial charge in [-0.1, -0.05) is 0 Å². The molecule has 98 valence electrons. The zero-order chi connectivity index (χ0) is 12.7. The second-order valence-corrected chi connectivity index (χ2v) is 5.66. The average molecular weight is 246 g/mol. The van der Waals surface area contributed by atoms with E-state index >= 15 is 0 Å². The van der Waals surface area contributed by atoms with Gasteiger partial charge in [-0.25, -0.2) is 8.78 Å². The van der Waals surface area contributed by atoms with Crippen molar-refractivity contribution in [2.45, 2.75) is 45.1 Å². The number of nitrogens with zero attached hydrogens (tertiary/aromatic N) is 1. The fraction of sp³-hybridized carbons (Fsp3) is 0.917. The Morgan fingerprint density at radius 1 is 1.35 bits per heavy atom. The van der Waals surface area contributed by atoms with Gasteiger partial charge in [0.1, 0.15) is 0 Å². The summed E-state index contributed by atoms with van der Waals surface area (Å²) in [5.41, 5.74) is -0.724. The Morgan fingerprint density at radius 3 is 2.29 bits per heavy atom. The predicted octanol–water partition coefficient (Wildman–Crippen LogP) is 1.63. The number of halogens is 2. The van der Waals surface area contributed by atoms with Gasteiger partial charge in [-0.3, -0.25) is 9.69 Å². The number of alkyl halides is 2. The van der Waals surface area contributed by atoms with Crippen molar-refractivity contribution in [1.29, 1.82) is 0 Å². The van der Waals surface area contributed by atoms with Gasteiger partial charge in [-0.15, -0.1) is 0 Å². The molecule has 1 saturated carbocycles. The first-order valence-corrected chi connectivity index (χ1v) is 6.24. The van der Waals surface area contributed by atoms with Gasteiger partial charge in [0.25, 0.3) is 5.92 Å². The van der Waals surface area contributed by atoms with Gasteiger partial charge in [-0.05, 0) is 39.8 Å². The summed E-state index contributed by atoms with van der Waals surface area (Å²) in [6.07, 6.45) is 1.09. The third-order valence-corrected chi connectivity index (χ3v) is 3.84. The Kier molecular flexibility index (Phi) is 3.14. The van der Waals surface area contributed by atoms with Gasteiger partial charge in [-0.2, -0.15) is 0 Å². The SMILES string of the molecule is CC(C)NC(=O)CN1CCC2(CC1)CC2(F)F. The van der Waals surface area contributed by atoms with Crippen molar-refractivity contribution in [3.63, 3.8) is 0 Å². The van der Waals surface area contributed by atoms with E-state index in [0.29, 0.717) is 32.5 Å². The lowest BCUT2D eigenvalue weighted by Crippen LogP contribution is -2.44. The molecular formula is C12H20F2N2O. The largest absolute Gasteiger partial charge is 0.353 e. The van der Waals surface area contributed by atoms with Crippen LogP contribution in [0.3, 0.4) is 0 Å². The molecule has 2 aliphatic rings. The summed E-state index contributed by atoms with van der Waals surface area (Å²) in [5, 5.41) is 2.81. The van der Waals surface area contributed by atoms with E-state index in [4.69, 9.17) is 0 Å². The van der Waals surface area contributed by atoms with Crippen LogP contribution >= 0.6 is 0 Å². The minimum absolute atomic E-state index is 0.0153. The number of rotatable bonds is 3. The Morgan fingerprint density at radius 2 is 1.88 bits per heavy atom. The predicted molar refractivity (Wildman–Crippen MR) is 60.9 cm³/mol. The zero-order valence-corrected chi connectivity index (χ0v) is 10.4. The molecule has 0 atom stereocenters. The number of hydrogen-bond acceptors (Lipinski definition) is 2. The number of amides is 1. The van der Waals surface area contributed by atoms with Crippen LogP contribution in [0.15, 0.2) is 0 Å². The fourth-order valence-corrected chi connectivity index (χ4v) is 2.63. The molecule has 17 heavy (non-hydrogen) atoms. The van der Waals surface area contributed by atoms with Crippen LogP contribution in [0.5, 0.6) is 0 Å². The quantitative estimate of drug-likeness (QED) is 0.821. The molecule has 0 aromatic rings. The van der Waals surface area contributed by atoms with Gasteiger partial charge in [0.05, 0.1) is 6.54 Å². The van der Waals surface area contributed by atoms with Crippen LogP contribution in [-0.2, 0) is 4.79 Å². The topological polar surface area (TPSA) is 32.3 Å². The van der Waals surface area contributed by atoms with E-state index in [-0.39, 0.29) is 18.4 Å². The van der Waals surface area contributed by atoms with Gasteiger partial charge in [0.15, 0.2) is 0 Å². The summed E-state index contributed by atoms with van der Waals surface area (Å²) in [6, 6.07) is 0.131. The molecule has 0 aromatic carbocycles. The highest BCUT2D eigenvalue weighted by Gasteiger charge is 2.70. The number of carbonyl (C=O) groups is 1. The third-order valence-electron chi connectivity index (χ3n) is 3.84. The Bertz CT molecular complexity index is 310. The first-order valence-electron chi connectivity index (χ1n) is 6.24. The zero-order valence-electron chi connectivity index (χ0n) is 10.4. The Balaban J connectivity index is 1.75. The molecule has 1 heterocycles. The molecular weight excluding hydrogens is 226 g/mol. The molecule has 2 fully saturated rings. The number of likely N-dealkylation sites (tertiary alicyclic amines) is 1. The van der Waals surface area contributed by atoms with Crippen molar-refractivity contribution in [2.75, 3.05) is 19.6 Å². The van der Waals surface area contributed by atoms with Gasteiger partial charge in [0, 0.05) is 17.9 Å². The summed E-state index contributed by atoms with van der Waals surface area (Å²) in [5.74, 6) is -2.46. The molecule has 1 aliphatic heterocycles. The highest BCUT2D eigenvalue weighted by molar-refractivity contribution is 5.78. The van der Waals surface area contributed by atoms with Gasteiger partial charge in [0.2, 0.25) is 5.91 Å². The van der Waals surface area contributed by atoms with Crippen molar-refractivity contribution in [2.24, 2.45) is 5.41 Å². The second-order valence-electron chi connectivity index (χ2n) is 5.66. The summed E-state index contributed by atoms with van der Waals surface area (Å²) < 4.78 is 26.3. The van der Waals surface area contributed by atoms with Crippen LogP contribution in [-0.4, -0.2) is 42.4 Å². The van der Waals surface area contributed by atoms with Crippen LogP contribution in [0.2, 0.25) is 0 Å². The number of nitrogens with one attached hydrogen (secondary N) is 1. The summed E-state index contributed by atoms with van der Waals surface area (Å²) >= 11 is 0. The highest BCUT2D eigenvalue weighted by Crippen LogP contribution is 2.65. The molecule has 0 radical (unpaired) electrons. The lowest BCUT2D eigenvalue weighted by molar-refractivity contribution is -0.123. The van der Waals surface area contributed by atoms with Crippen molar-refractivity contribution in [3.05, 3.63) is 0 Å². The lowest BCUT2D eigenvalue weighted by Gasteiger charge is -2.31. The Hall–Kier alpha value is -0.710. The number of piperidine rings is 1. The maximum atomic E-state index is 13.1. The Labute approximate surface area is 101 Å². The van der Waals surface area contributed by atoms with E-state index in [2.05, 4.69) is 5.32 Å². The highest BCUT2D eigenvalue weighted by atomic mass is 19.3. The third kappa shape index (κ3) is 2.59. The summed E-state index contributed by atoms with van der Waals surface area (Å²) in [6.45, 7) is 5.38. The maximum Gasteiger partial charge on any atom is 0.254 e. The first kappa shape index (κ1) is 12.7. The van der Waals surface area contributed by atoms with E-state index in [9.17, 15) is 13.6 Å². The van der Waals surface area contributed by atoms with Crippen molar-refractivity contribution in [3.8, 4) is 0 Å². The van der Waals surface area contributed by atoms with Crippen molar-refractivity contribution in [1.82, 2.24) is 10.2 Å². The number of carbonyl (C=O) groups excluding carboxylic acids is 1. The molecule has 0 unspecified atom stereocenters. The fourth-order valence-electron chi connectivity index (χ4n) is 2.63. The molecule has 1 spiro atoms. The van der Waals surface area contributed by atoms with E-state index in [1.54, 1.807) is 0 Å². The molecule has 3 nitrogen and oxygen atoms in total. The van der Waals surface area contributed by atoms with Crippen LogP contribution in [0.25, 0.3) is 0 Å². The van der Waals surface area contributed by atoms with Gasteiger partial charge < -0.3 is 5.32 Å². The van der Waals surface area contributed by atoms with Crippen LogP contribution in [0.4, 0.5) is 8.78 Å². The molecule has 0 aromatic heterocycles. The lowest BCUT2D eigenvalue weighted by atomic mass is 9.93. The first-order chi connectivity index (χ1) is 7.85. The van der Waals surface area contributed by atoms with Gasteiger partial charge >= 0.3 is 0 Å². The number of hydrogen-bond donors (Lipinski definition) is 1. The van der Waals surface area contributed by atoms with Crippen LogP contribution in [0, 0.1) is 5.41 Å². The monoisotopic (exact) mass is 246 g/mol. The van der Waals surface area contributed by atoms with Crippen molar-refractivity contribution >= 4 is 5.91 Å². The molecule has 0 bridgehead atoms. The normalized spacial score (nSPS) is 26.2. The van der Waals surface area contributed by atoms with Crippen LogP contribution < -0.4 is 5.32 Å². The van der Waals surface area contributed by atoms with Crippen LogP contribution in [0.1, 0.15) is 33.1 Å². The van der Waals surface area contributed by atoms with Crippen molar-refractivity contribution < 1.29 is 13.6 Å².